The summed E-state index contributed by atoms with van der Waals surface area (Å²) in [5.74, 6) is -0.00962. The van der Waals surface area contributed by atoms with Crippen LogP contribution in [0, 0.1) is 19.8 Å². The SMILES string of the molecule is Cc1cc(C)n(-c2cncc(N[C@H](C(=O)O)C(C)C)n2)n1. The van der Waals surface area contributed by atoms with Crippen LogP contribution in [0.4, 0.5) is 5.82 Å². The van der Waals surface area contributed by atoms with E-state index in [9.17, 15) is 9.90 Å². The van der Waals surface area contributed by atoms with Crippen molar-refractivity contribution in [1.82, 2.24) is 19.7 Å². The third-order valence-electron chi connectivity index (χ3n) is 3.08. The minimum atomic E-state index is -0.914. The Labute approximate surface area is 123 Å². The number of hydrogen-bond donors (Lipinski definition) is 2. The average Bonchev–Trinajstić information content (AvgIpc) is 2.74. The van der Waals surface area contributed by atoms with Gasteiger partial charge in [0.15, 0.2) is 5.82 Å². The van der Waals surface area contributed by atoms with Gasteiger partial charge < -0.3 is 10.4 Å². The lowest BCUT2D eigenvalue weighted by Gasteiger charge is -2.18. The number of carboxylic acids is 1. The number of nitrogens with one attached hydrogen (secondary N) is 1. The van der Waals surface area contributed by atoms with Crippen molar-refractivity contribution in [3.63, 3.8) is 0 Å². The van der Waals surface area contributed by atoms with Crippen molar-refractivity contribution >= 4 is 11.8 Å². The van der Waals surface area contributed by atoms with E-state index < -0.39 is 12.0 Å². The second-order valence-electron chi connectivity index (χ2n) is 5.31. The summed E-state index contributed by atoms with van der Waals surface area (Å²) >= 11 is 0. The maximum absolute atomic E-state index is 11.2. The molecule has 0 bridgehead atoms. The van der Waals surface area contributed by atoms with Crippen LogP contribution in [0.2, 0.25) is 0 Å². The summed E-state index contributed by atoms with van der Waals surface area (Å²) in [4.78, 5) is 19.7. The van der Waals surface area contributed by atoms with Gasteiger partial charge in [-0.2, -0.15) is 5.10 Å². The Morgan fingerprint density at radius 1 is 1.33 bits per heavy atom. The van der Waals surface area contributed by atoms with Gasteiger partial charge in [0, 0.05) is 5.69 Å². The van der Waals surface area contributed by atoms with Crippen molar-refractivity contribution in [2.24, 2.45) is 5.92 Å². The van der Waals surface area contributed by atoms with E-state index in [1.54, 1.807) is 10.9 Å². The quantitative estimate of drug-likeness (QED) is 0.872. The summed E-state index contributed by atoms with van der Waals surface area (Å²) in [6, 6.07) is 1.23. The van der Waals surface area contributed by atoms with Gasteiger partial charge in [-0.15, -0.1) is 0 Å². The zero-order valence-electron chi connectivity index (χ0n) is 12.5. The normalized spacial score (nSPS) is 12.4. The number of anilines is 1. The molecule has 2 N–H and O–H groups in total. The first kappa shape index (κ1) is 15.0. The van der Waals surface area contributed by atoms with Gasteiger partial charge >= 0.3 is 5.97 Å². The van der Waals surface area contributed by atoms with E-state index in [4.69, 9.17) is 0 Å². The van der Waals surface area contributed by atoms with Gasteiger partial charge in [-0.3, -0.25) is 4.98 Å². The van der Waals surface area contributed by atoms with Crippen molar-refractivity contribution < 1.29 is 9.90 Å². The number of hydrogen-bond acceptors (Lipinski definition) is 5. The first-order valence-electron chi connectivity index (χ1n) is 6.73. The molecule has 0 radical (unpaired) electrons. The van der Waals surface area contributed by atoms with Crippen LogP contribution in [0.5, 0.6) is 0 Å². The maximum Gasteiger partial charge on any atom is 0.326 e. The van der Waals surface area contributed by atoms with E-state index in [-0.39, 0.29) is 5.92 Å². The molecule has 0 saturated heterocycles. The molecular weight excluding hydrogens is 270 g/mol. The molecule has 7 heteroatoms. The molecule has 7 nitrogen and oxygen atoms in total. The van der Waals surface area contributed by atoms with E-state index in [2.05, 4.69) is 20.4 Å². The standard InChI is InChI=1S/C14H19N5O2/c1-8(2)13(14(20)21)17-11-6-15-7-12(16-11)19-10(4)5-9(3)18-19/h5-8,13H,1-4H3,(H,16,17)(H,20,21)/t13-/m0/s1. The second kappa shape index (κ2) is 5.90. The molecule has 0 spiro atoms. The molecule has 0 fully saturated rings. The van der Waals surface area contributed by atoms with Crippen molar-refractivity contribution in [3.8, 4) is 5.82 Å². The molecule has 0 aliphatic heterocycles. The summed E-state index contributed by atoms with van der Waals surface area (Å²) < 4.78 is 1.68. The van der Waals surface area contributed by atoms with Crippen LogP contribution in [0.25, 0.3) is 5.82 Å². The fourth-order valence-electron chi connectivity index (χ4n) is 2.06. The van der Waals surface area contributed by atoms with Gasteiger partial charge in [-0.1, -0.05) is 13.8 Å². The van der Waals surface area contributed by atoms with Crippen molar-refractivity contribution in [1.29, 1.82) is 0 Å². The molecule has 0 aliphatic rings. The van der Waals surface area contributed by atoms with Gasteiger partial charge in [-0.25, -0.2) is 14.5 Å². The average molecular weight is 289 g/mol. The lowest BCUT2D eigenvalue weighted by atomic mass is 10.1. The number of aromatic nitrogens is 4. The summed E-state index contributed by atoms with van der Waals surface area (Å²) in [5.41, 5.74) is 1.83. The van der Waals surface area contributed by atoms with Crippen LogP contribution in [0.15, 0.2) is 18.5 Å². The summed E-state index contributed by atoms with van der Waals surface area (Å²) in [6.45, 7) is 7.50. The highest BCUT2D eigenvalue weighted by Crippen LogP contribution is 2.14. The third kappa shape index (κ3) is 3.36. The van der Waals surface area contributed by atoms with Crippen LogP contribution >= 0.6 is 0 Å². The Morgan fingerprint density at radius 3 is 2.57 bits per heavy atom. The first-order valence-corrected chi connectivity index (χ1v) is 6.73. The summed E-state index contributed by atoms with van der Waals surface area (Å²) in [7, 11) is 0. The third-order valence-corrected chi connectivity index (χ3v) is 3.08. The molecule has 2 rings (SSSR count). The fraction of sp³-hybridized carbons (Fsp3) is 0.429. The van der Waals surface area contributed by atoms with Crippen molar-refractivity contribution in [3.05, 3.63) is 29.8 Å². The Kier molecular flexibility index (Phi) is 4.21. The number of aryl methyl sites for hydroxylation is 2. The lowest BCUT2D eigenvalue weighted by Crippen LogP contribution is -2.34. The van der Waals surface area contributed by atoms with Crippen molar-refractivity contribution in [2.75, 3.05) is 5.32 Å². The molecule has 2 heterocycles. The van der Waals surface area contributed by atoms with E-state index in [0.717, 1.165) is 11.4 Å². The van der Waals surface area contributed by atoms with E-state index in [1.807, 2.05) is 33.8 Å². The molecule has 0 amide bonds. The van der Waals surface area contributed by atoms with Gasteiger partial charge in [0.05, 0.1) is 18.1 Å². The molecule has 112 valence electrons. The van der Waals surface area contributed by atoms with Gasteiger partial charge in [-0.05, 0) is 25.8 Å². The lowest BCUT2D eigenvalue weighted by molar-refractivity contribution is -0.138. The van der Waals surface area contributed by atoms with E-state index in [1.165, 1.54) is 6.20 Å². The number of carboxylic acid groups (broad SMARTS) is 1. The topological polar surface area (TPSA) is 92.9 Å². The second-order valence-corrected chi connectivity index (χ2v) is 5.31. The van der Waals surface area contributed by atoms with Gasteiger partial charge in [0.2, 0.25) is 0 Å². The molecule has 2 aromatic heterocycles. The molecule has 0 unspecified atom stereocenters. The van der Waals surface area contributed by atoms with Crippen LogP contribution in [0.3, 0.4) is 0 Å². The van der Waals surface area contributed by atoms with E-state index in [0.29, 0.717) is 11.6 Å². The molecule has 2 aromatic rings. The first-order chi connectivity index (χ1) is 9.88. The number of nitrogens with zero attached hydrogens (tertiary/aromatic N) is 4. The predicted molar refractivity (Wildman–Crippen MR) is 78.5 cm³/mol. The maximum atomic E-state index is 11.2. The minimum absolute atomic E-state index is 0.0679. The number of aliphatic carboxylic acids is 1. The Hall–Kier alpha value is -2.44. The fourth-order valence-corrected chi connectivity index (χ4v) is 2.06. The van der Waals surface area contributed by atoms with E-state index >= 15 is 0 Å². The summed E-state index contributed by atoms with van der Waals surface area (Å²) in [5, 5.41) is 16.5. The highest BCUT2D eigenvalue weighted by atomic mass is 16.4. The molecule has 0 aromatic carbocycles. The van der Waals surface area contributed by atoms with Gasteiger partial charge in [0.1, 0.15) is 11.9 Å². The van der Waals surface area contributed by atoms with Gasteiger partial charge in [0.25, 0.3) is 0 Å². The zero-order chi connectivity index (χ0) is 15.6. The smallest absolute Gasteiger partial charge is 0.326 e. The van der Waals surface area contributed by atoms with Crippen LogP contribution in [-0.4, -0.2) is 36.9 Å². The zero-order valence-corrected chi connectivity index (χ0v) is 12.5. The highest BCUT2D eigenvalue weighted by Gasteiger charge is 2.21. The molecule has 0 aliphatic carbocycles. The minimum Gasteiger partial charge on any atom is -0.480 e. The van der Waals surface area contributed by atoms with Crippen LogP contribution in [0.1, 0.15) is 25.2 Å². The Bertz CT molecular complexity index is 651. The van der Waals surface area contributed by atoms with Crippen LogP contribution < -0.4 is 5.32 Å². The molecule has 1 atom stereocenters. The summed E-state index contributed by atoms with van der Waals surface area (Å²) in [6.07, 6.45) is 3.10. The monoisotopic (exact) mass is 289 g/mol. The number of rotatable bonds is 5. The number of carbonyl (C=O) groups is 1. The predicted octanol–water partition coefficient (Wildman–Crippen LogP) is 1.80. The largest absolute Gasteiger partial charge is 0.480 e. The van der Waals surface area contributed by atoms with Crippen molar-refractivity contribution in [2.45, 2.75) is 33.7 Å². The Balaban J connectivity index is 2.30. The van der Waals surface area contributed by atoms with Crippen LogP contribution in [-0.2, 0) is 4.79 Å². The highest BCUT2D eigenvalue weighted by molar-refractivity contribution is 5.77. The molecule has 21 heavy (non-hydrogen) atoms. The Morgan fingerprint density at radius 2 is 2.05 bits per heavy atom. The molecular formula is C14H19N5O2. The molecule has 0 saturated carbocycles.